The predicted octanol–water partition coefficient (Wildman–Crippen LogP) is 0.322. The van der Waals surface area contributed by atoms with Crippen molar-refractivity contribution in [3.8, 4) is 5.75 Å². The van der Waals surface area contributed by atoms with Crippen molar-refractivity contribution in [2.24, 2.45) is 0 Å². The molecule has 2 aliphatic rings. The van der Waals surface area contributed by atoms with Crippen molar-refractivity contribution >= 4 is 11.0 Å². The van der Waals surface area contributed by atoms with Crippen LogP contribution in [-0.4, -0.2) is 37.2 Å². The van der Waals surface area contributed by atoms with Crippen molar-refractivity contribution in [3.63, 3.8) is 0 Å². The van der Waals surface area contributed by atoms with Gasteiger partial charge in [0.25, 0.3) is 0 Å². The highest BCUT2D eigenvalue weighted by molar-refractivity contribution is 5.77. The van der Waals surface area contributed by atoms with Gasteiger partial charge < -0.3 is 20.2 Å². The predicted molar refractivity (Wildman–Crippen MR) is 81.3 cm³/mol. The van der Waals surface area contributed by atoms with Crippen LogP contribution in [-0.2, 0) is 0 Å². The van der Waals surface area contributed by atoms with Gasteiger partial charge in [0.2, 0.25) is 0 Å². The fourth-order valence-electron chi connectivity index (χ4n) is 3.05. The molecule has 3 unspecified atom stereocenters. The van der Waals surface area contributed by atoms with Crippen molar-refractivity contribution in [1.29, 1.82) is 0 Å². The number of allylic oxidation sites excluding steroid dienone is 1. The standard InChI is InChI=1S/C15H16N4O5/c1-15(2)14(21)13(18-4-3-8(20)7-19(18)22)9-5-10-11(17-24-16-10)6-12(9)23-15/h3-7,13-14,19-21H,1-2H3. The number of fused-ring (bicyclic) bond motifs is 2. The van der Waals surface area contributed by atoms with E-state index in [2.05, 4.69) is 10.3 Å². The summed E-state index contributed by atoms with van der Waals surface area (Å²) in [6.07, 6.45) is 2.95. The van der Waals surface area contributed by atoms with Crippen LogP contribution in [0.25, 0.3) is 11.0 Å². The molecule has 3 atom stereocenters. The monoisotopic (exact) mass is 332 g/mol. The molecule has 24 heavy (non-hydrogen) atoms. The van der Waals surface area contributed by atoms with E-state index in [1.165, 1.54) is 17.3 Å². The third kappa shape index (κ3) is 2.13. The van der Waals surface area contributed by atoms with Crippen molar-refractivity contribution in [2.75, 3.05) is 0 Å². The lowest BCUT2D eigenvalue weighted by Gasteiger charge is -2.47. The minimum absolute atomic E-state index is 0.131. The van der Waals surface area contributed by atoms with Crippen LogP contribution in [0.2, 0.25) is 0 Å². The number of nitrogens with one attached hydrogen (secondary N) is 1. The maximum absolute atomic E-state index is 12.3. The summed E-state index contributed by atoms with van der Waals surface area (Å²) in [5, 5.41) is 41.1. The van der Waals surface area contributed by atoms with Gasteiger partial charge in [0.1, 0.15) is 34.5 Å². The molecule has 0 saturated carbocycles. The van der Waals surface area contributed by atoms with Crippen LogP contribution in [0.5, 0.6) is 5.75 Å². The van der Waals surface area contributed by atoms with E-state index in [0.29, 0.717) is 22.3 Å². The van der Waals surface area contributed by atoms with Gasteiger partial charge in [-0.15, -0.1) is 0 Å². The quantitative estimate of drug-likeness (QED) is 0.639. The zero-order chi connectivity index (χ0) is 17.1. The van der Waals surface area contributed by atoms with Crippen LogP contribution in [0.15, 0.2) is 41.0 Å². The van der Waals surface area contributed by atoms with Crippen LogP contribution >= 0.6 is 0 Å². The Morgan fingerprint density at radius 3 is 2.71 bits per heavy atom. The fraction of sp³-hybridized carbons (Fsp3) is 0.333. The van der Waals surface area contributed by atoms with E-state index in [0.717, 1.165) is 6.20 Å². The SMILES string of the molecule is CC1(C)Oc2cc3nonc3cc2C(N2C=CC(O)=C[NH+]2[O-])C1O. The lowest BCUT2D eigenvalue weighted by Crippen LogP contribution is -3.10. The summed E-state index contributed by atoms with van der Waals surface area (Å²) >= 11 is 0. The van der Waals surface area contributed by atoms with Crippen LogP contribution in [0, 0.1) is 5.21 Å². The van der Waals surface area contributed by atoms with Gasteiger partial charge in [-0.25, -0.2) is 14.8 Å². The second-order valence-corrected chi connectivity index (χ2v) is 6.37. The number of benzene rings is 1. The summed E-state index contributed by atoms with van der Waals surface area (Å²) in [4.78, 5) is 0. The number of aliphatic hydroxyl groups excluding tert-OH is 2. The normalized spacial score (nSPS) is 28.4. The van der Waals surface area contributed by atoms with Gasteiger partial charge in [0.15, 0.2) is 12.0 Å². The van der Waals surface area contributed by atoms with E-state index < -0.39 is 22.9 Å². The minimum Gasteiger partial charge on any atom is -0.603 e. The van der Waals surface area contributed by atoms with Crippen molar-refractivity contribution in [1.82, 2.24) is 15.3 Å². The van der Waals surface area contributed by atoms with Crippen molar-refractivity contribution in [2.45, 2.75) is 31.6 Å². The Kier molecular flexibility index (Phi) is 3.07. The number of hydroxylamine groups is 1. The number of aliphatic hydroxyl groups is 2. The van der Waals surface area contributed by atoms with Gasteiger partial charge in [-0.05, 0) is 30.2 Å². The van der Waals surface area contributed by atoms with Gasteiger partial charge in [0, 0.05) is 17.7 Å². The van der Waals surface area contributed by atoms with E-state index in [4.69, 9.17) is 9.37 Å². The summed E-state index contributed by atoms with van der Waals surface area (Å²) in [6.45, 7) is 3.48. The van der Waals surface area contributed by atoms with E-state index in [1.54, 1.807) is 26.0 Å². The van der Waals surface area contributed by atoms with Crippen LogP contribution in [0.1, 0.15) is 25.5 Å². The smallest absolute Gasteiger partial charge is 0.173 e. The summed E-state index contributed by atoms with van der Waals surface area (Å²) in [6, 6.07) is 2.66. The Labute approximate surface area is 136 Å². The molecule has 0 radical (unpaired) electrons. The largest absolute Gasteiger partial charge is 0.603 e. The highest BCUT2D eigenvalue weighted by atomic mass is 16.6. The molecule has 9 nitrogen and oxygen atoms in total. The Bertz CT molecular complexity index is 859. The second kappa shape index (κ2) is 4.94. The molecule has 0 spiro atoms. The van der Waals surface area contributed by atoms with Crippen molar-refractivity contribution < 1.29 is 24.8 Å². The number of rotatable bonds is 1. The topological polar surface area (TPSA) is 119 Å². The number of hydrogen-bond donors (Lipinski definition) is 3. The zero-order valence-corrected chi connectivity index (χ0v) is 13.0. The first-order valence-electron chi connectivity index (χ1n) is 7.41. The molecule has 2 aromatic rings. The lowest BCUT2D eigenvalue weighted by atomic mass is 9.86. The van der Waals surface area contributed by atoms with Crippen LogP contribution in [0.4, 0.5) is 0 Å². The molecule has 3 N–H and O–H groups in total. The van der Waals surface area contributed by atoms with Gasteiger partial charge in [-0.2, -0.15) is 0 Å². The van der Waals surface area contributed by atoms with Gasteiger partial charge in [0.05, 0.1) is 6.20 Å². The van der Waals surface area contributed by atoms with E-state index in [-0.39, 0.29) is 5.76 Å². The number of hydrogen-bond acceptors (Lipinski definition) is 8. The average molecular weight is 332 g/mol. The molecule has 0 saturated heterocycles. The molecule has 0 fully saturated rings. The molecule has 0 aliphatic carbocycles. The molecule has 2 aliphatic heterocycles. The Balaban J connectivity index is 1.87. The number of nitrogens with zero attached hydrogens (tertiary/aromatic N) is 3. The second-order valence-electron chi connectivity index (χ2n) is 6.37. The zero-order valence-electron chi connectivity index (χ0n) is 13.0. The van der Waals surface area contributed by atoms with Gasteiger partial charge in [-0.1, -0.05) is 0 Å². The minimum atomic E-state index is -0.996. The molecule has 9 heteroatoms. The van der Waals surface area contributed by atoms with Crippen LogP contribution in [0.3, 0.4) is 0 Å². The third-order valence-corrected chi connectivity index (χ3v) is 4.32. The molecular formula is C15H16N4O5. The highest BCUT2D eigenvalue weighted by Crippen LogP contribution is 2.43. The molecule has 3 heterocycles. The average Bonchev–Trinajstić information content (AvgIpc) is 2.95. The van der Waals surface area contributed by atoms with E-state index in [9.17, 15) is 15.4 Å². The molecular weight excluding hydrogens is 316 g/mol. The first-order chi connectivity index (χ1) is 11.4. The Hall–Kier alpha value is -2.62. The Morgan fingerprint density at radius 1 is 1.29 bits per heavy atom. The van der Waals surface area contributed by atoms with Crippen molar-refractivity contribution in [3.05, 3.63) is 47.1 Å². The molecule has 126 valence electrons. The maximum Gasteiger partial charge on any atom is 0.173 e. The Morgan fingerprint density at radius 2 is 2.00 bits per heavy atom. The van der Waals surface area contributed by atoms with E-state index in [1.807, 2.05) is 0 Å². The summed E-state index contributed by atoms with van der Waals surface area (Å²) in [7, 11) is 0. The van der Waals surface area contributed by atoms with Crippen LogP contribution < -0.4 is 9.91 Å². The molecule has 0 bridgehead atoms. The van der Waals surface area contributed by atoms with Gasteiger partial charge in [-0.3, -0.25) is 0 Å². The highest BCUT2D eigenvalue weighted by Gasteiger charge is 2.47. The molecule has 1 aromatic carbocycles. The van der Waals surface area contributed by atoms with E-state index >= 15 is 0 Å². The summed E-state index contributed by atoms with van der Waals surface area (Å²) in [5.41, 5.74) is 0.691. The molecule has 4 rings (SSSR count). The number of ether oxygens (including phenoxy) is 1. The summed E-state index contributed by atoms with van der Waals surface area (Å²) in [5.74, 6) is 0.368. The fourth-order valence-corrected chi connectivity index (χ4v) is 3.05. The molecule has 1 aromatic heterocycles. The number of quaternary nitrogens is 1. The number of aromatic nitrogens is 2. The summed E-state index contributed by atoms with van der Waals surface area (Å²) < 4.78 is 10.6. The first kappa shape index (κ1) is 14.9. The molecule has 0 amide bonds. The maximum atomic E-state index is 12.3. The van der Waals surface area contributed by atoms with Gasteiger partial charge >= 0.3 is 0 Å². The third-order valence-electron chi connectivity index (χ3n) is 4.32. The first-order valence-corrected chi connectivity index (χ1v) is 7.41. The lowest BCUT2D eigenvalue weighted by molar-refractivity contribution is -0.924.